The van der Waals surface area contributed by atoms with Gasteiger partial charge in [0.15, 0.2) is 0 Å². The van der Waals surface area contributed by atoms with E-state index in [0.717, 1.165) is 0 Å². The summed E-state index contributed by atoms with van der Waals surface area (Å²) in [6, 6.07) is -0.569. The second-order valence-corrected chi connectivity index (χ2v) is 5.54. The van der Waals surface area contributed by atoms with Gasteiger partial charge in [0.2, 0.25) is 0 Å². The lowest BCUT2D eigenvalue weighted by molar-refractivity contribution is -0.137. The molecule has 1 rings (SSSR count). The van der Waals surface area contributed by atoms with Crippen LogP contribution in [0.5, 0.6) is 0 Å². The Hall–Kier alpha value is -0.700. The van der Waals surface area contributed by atoms with Crippen LogP contribution in [0.1, 0.15) is 19.8 Å². The van der Waals surface area contributed by atoms with E-state index in [0.29, 0.717) is 32.7 Å². The fraction of sp³-hybridized carbons (Fsp3) is 0.889. The van der Waals surface area contributed by atoms with Crippen LogP contribution in [0.3, 0.4) is 0 Å². The largest absolute Gasteiger partial charge is 0.481 e. The van der Waals surface area contributed by atoms with Crippen molar-refractivity contribution in [3.8, 4) is 0 Å². The van der Waals surface area contributed by atoms with Gasteiger partial charge in [-0.15, -0.1) is 0 Å². The predicted molar refractivity (Wildman–Crippen MR) is 60.8 cm³/mol. The summed E-state index contributed by atoms with van der Waals surface area (Å²) in [5, 5.41) is 8.65. The van der Waals surface area contributed by atoms with Gasteiger partial charge in [-0.3, -0.25) is 4.79 Å². The summed E-state index contributed by atoms with van der Waals surface area (Å²) in [4.78, 5) is 10.6. The zero-order valence-electron chi connectivity index (χ0n) is 9.76. The normalized spacial score (nSPS) is 20.1. The number of hydrogen-bond acceptors (Lipinski definition) is 4. The van der Waals surface area contributed by atoms with E-state index in [1.54, 1.807) is 6.92 Å². The van der Waals surface area contributed by atoms with Crippen molar-refractivity contribution in [3.05, 3.63) is 0 Å². The van der Waals surface area contributed by atoms with E-state index in [-0.39, 0.29) is 6.42 Å². The molecule has 0 aromatic rings. The third kappa shape index (κ3) is 4.58. The topological polar surface area (TPSA) is 95.9 Å². The average Bonchev–Trinajstić information content (AvgIpc) is 2.28. The molecule has 0 radical (unpaired) electrons. The van der Waals surface area contributed by atoms with Crippen LogP contribution in [0.25, 0.3) is 0 Å². The van der Waals surface area contributed by atoms with Crippen molar-refractivity contribution in [2.45, 2.75) is 25.8 Å². The number of nitrogens with zero attached hydrogens (tertiary/aromatic N) is 1. The Morgan fingerprint density at radius 2 is 2.06 bits per heavy atom. The molecule has 1 aliphatic rings. The molecule has 1 fully saturated rings. The minimum Gasteiger partial charge on any atom is -0.481 e. The molecule has 0 saturated carbocycles. The fourth-order valence-electron chi connectivity index (χ4n) is 1.55. The van der Waals surface area contributed by atoms with E-state index in [1.807, 2.05) is 0 Å². The number of nitrogens with one attached hydrogen (secondary N) is 1. The molecule has 1 atom stereocenters. The summed E-state index contributed by atoms with van der Waals surface area (Å²) >= 11 is 0. The Balaban J connectivity index is 2.59. The molecule has 1 heterocycles. The van der Waals surface area contributed by atoms with Crippen molar-refractivity contribution in [3.63, 3.8) is 0 Å². The standard InChI is InChI=1S/C9H18N2O5S/c1-2-8(7-9(12)13)10-17(14,15)11-3-5-16-6-4-11/h8,10H,2-7H2,1H3,(H,12,13). The molecule has 8 heteroatoms. The van der Waals surface area contributed by atoms with Crippen LogP contribution in [-0.2, 0) is 19.7 Å². The molecule has 1 aliphatic heterocycles. The zero-order valence-corrected chi connectivity index (χ0v) is 10.6. The number of morpholine rings is 1. The number of hydrogen-bond donors (Lipinski definition) is 2. The van der Waals surface area contributed by atoms with Gasteiger partial charge in [-0.25, -0.2) is 0 Å². The second kappa shape index (κ2) is 6.29. The summed E-state index contributed by atoms with van der Waals surface area (Å²) < 4.78 is 32.6. The SMILES string of the molecule is CCC(CC(=O)O)NS(=O)(=O)N1CCOCC1. The number of aliphatic carboxylic acids is 1. The highest BCUT2D eigenvalue weighted by molar-refractivity contribution is 7.87. The van der Waals surface area contributed by atoms with Crippen LogP contribution in [-0.4, -0.2) is 56.1 Å². The number of carboxylic acid groups (broad SMARTS) is 1. The zero-order chi connectivity index (χ0) is 12.9. The molecule has 0 spiro atoms. The molecule has 1 unspecified atom stereocenters. The molecule has 0 amide bonds. The van der Waals surface area contributed by atoms with Crippen LogP contribution in [0.2, 0.25) is 0 Å². The van der Waals surface area contributed by atoms with Gasteiger partial charge in [-0.05, 0) is 6.42 Å². The third-order valence-corrected chi connectivity index (χ3v) is 4.22. The van der Waals surface area contributed by atoms with Crippen LogP contribution < -0.4 is 4.72 Å². The number of carboxylic acids is 1. The molecule has 1 saturated heterocycles. The maximum Gasteiger partial charge on any atom is 0.304 e. The van der Waals surface area contributed by atoms with Gasteiger partial charge in [0.25, 0.3) is 10.2 Å². The molecule has 0 bridgehead atoms. The van der Waals surface area contributed by atoms with Gasteiger partial charge in [0.1, 0.15) is 0 Å². The van der Waals surface area contributed by atoms with Gasteiger partial charge in [0, 0.05) is 19.1 Å². The van der Waals surface area contributed by atoms with Gasteiger partial charge >= 0.3 is 5.97 Å². The average molecular weight is 266 g/mol. The molecule has 0 aromatic carbocycles. The molecule has 17 heavy (non-hydrogen) atoms. The predicted octanol–water partition coefficient (Wildman–Crippen LogP) is -0.594. The van der Waals surface area contributed by atoms with Crippen molar-refractivity contribution >= 4 is 16.2 Å². The van der Waals surface area contributed by atoms with Crippen molar-refractivity contribution in [1.29, 1.82) is 0 Å². The van der Waals surface area contributed by atoms with Crippen molar-refractivity contribution in [2.24, 2.45) is 0 Å². The number of carbonyl (C=O) groups is 1. The molecule has 7 nitrogen and oxygen atoms in total. The van der Waals surface area contributed by atoms with E-state index in [9.17, 15) is 13.2 Å². The van der Waals surface area contributed by atoms with Gasteiger partial charge in [-0.1, -0.05) is 6.92 Å². The molecular formula is C9H18N2O5S. The highest BCUT2D eigenvalue weighted by Crippen LogP contribution is 2.07. The third-order valence-electron chi connectivity index (χ3n) is 2.54. The lowest BCUT2D eigenvalue weighted by atomic mass is 10.2. The van der Waals surface area contributed by atoms with E-state index in [2.05, 4.69) is 4.72 Å². The monoisotopic (exact) mass is 266 g/mol. The summed E-state index contributed by atoms with van der Waals surface area (Å²) in [5.74, 6) is -1.01. The Kier molecular flexibility index (Phi) is 5.31. The fourth-order valence-corrected chi connectivity index (χ4v) is 3.00. The first-order chi connectivity index (χ1) is 7.95. The summed E-state index contributed by atoms with van der Waals surface area (Å²) in [5.41, 5.74) is 0. The molecule has 0 aromatic heterocycles. The summed E-state index contributed by atoms with van der Waals surface area (Å²) in [6.45, 7) is 3.10. The number of ether oxygens (including phenoxy) is 1. The Labute approximate surface area is 101 Å². The molecular weight excluding hydrogens is 248 g/mol. The van der Waals surface area contributed by atoms with Crippen LogP contribution in [0, 0.1) is 0 Å². The smallest absolute Gasteiger partial charge is 0.304 e. The Morgan fingerprint density at radius 1 is 1.47 bits per heavy atom. The Morgan fingerprint density at radius 3 is 2.53 bits per heavy atom. The lowest BCUT2D eigenvalue weighted by Gasteiger charge is -2.28. The van der Waals surface area contributed by atoms with Crippen LogP contribution >= 0.6 is 0 Å². The van der Waals surface area contributed by atoms with Gasteiger partial charge in [-0.2, -0.15) is 17.4 Å². The van der Waals surface area contributed by atoms with Gasteiger partial charge in [0.05, 0.1) is 19.6 Å². The van der Waals surface area contributed by atoms with E-state index >= 15 is 0 Å². The maximum absolute atomic E-state index is 11.9. The van der Waals surface area contributed by atoms with E-state index in [1.165, 1.54) is 4.31 Å². The lowest BCUT2D eigenvalue weighted by Crippen LogP contribution is -2.49. The molecule has 100 valence electrons. The highest BCUT2D eigenvalue weighted by Gasteiger charge is 2.27. The van der Waals surface area contributed by atoms with E-state index < -0.39 is 22.2 Å². The number of rotatable bonds is 6. The first-order valence-electron chi connectivity index (χ1n) is 5.52. The van der Waals surface area contributed by atoms with Crippen molar-refractivity contribution in [1.82, 2.24) is 9.03 Å². The molecule has 2 N–H and O–H groups in total. The van der Waals surface area contributed by atoms with Crippen LogP contribution in [0.4, 0.5) is 0 Å². The van der Waals surface area contributed by atoms with E-state index in [4.69, 9.17) is 9.84 Å². The summed E-state index contributed by atoms with van der Waals surface area (Å²) in [6.07, 6.45) is 0.232. The van der Waals surface area contributed by atoms with Crippen molar-refractivity contribution < 1.29 is 23.1 Å². The second-order valence-electron chi connectivity index (χ2n) is 3.84. The summed E-state index contributed by atoms with van der Waals surface area (Å²) in [7, 11) is -3.60. The highest BCUT2D eigenvalue weighted by atomic mass is 32.2. The Bertz CT molecular complexity index is 350. The minimum atomic E-state index is -3.60. The van der Waals surface area contributed by atoms with Gasteiger partial charge < -0.3 is 9.84 Å². The quantitative estimate of drug-likeness (QED) is 0.669. The first-order valence-corrected chi connectivity index (χ1v) is 6.96. The minimum absolute atomic E-state index is 0.208. The van der Waals surface area contributed by atoms with Crippen molar-refractivity contribution in [2.75, 3.05) is 26.3 Å². The first kappa shape index (κ1) is 14.4. The maximum atomic E-state index is 11.9. The van der Waals surface area contributed by atoms with Crippen LogP contribution in [0.15, 0.2) is 0 Å². The molecule has 0 aliphatic carbocycles.